The summed E-state index contributed by atoms with van der Waals surface area (Å²) in [5, 5.41) is 8.41. The van der Waals surface area contributed by atoms with Gasteiger partial charge in [-0.2, -0.15) is 5.10 Å². The summed E-state index contributed by atoms with van der Waals surface area (Å²) in [5.74, 6) is 0. The molecule has 1 N–H and O–H groups in total. The van der Waals surface area contributed by atoms with E-state index in [-0.39, 0.29) is 0 Å². The summed E-state index contributed by atoms with van der Waals surface area (Å²) in [5.41, 5.74) is 3.94. The van der Waals surface area contributed by atoms with E-state index in [1.165, 1.54) is 29.7 Å². The summed E-state index contributed by atoms with van der Waals surface area (Å²) in [7, 11) is 1.73. The molecule has 0 saturated heterocycles. The number of rotatable bonds is 6. The molecule has 0 amide bonds. The van der Waals surface area contributed by atoms with Crippen LogP contribution in [0.25, 0.3) is 0 Å². The van der Waals surface area contributed by atoms with E-state index in [1.54, 1.807) is 7.11 Å². The van der Waals surface area contributed by atoms with Gasteiger partial charge in [-0.05, 0) is 30.4 Å². The molecule has 3 rings (SSSR count). The van der Waals surface area contributed by atoms with Gasteiger partial charge in [0.15, 0.2) is 0 Å². The van der Waals surface area contributed by atoms with Crippen LogP contribution in [0.15, 0.2) is 36.5 Å². The second-order valence-electron chi connectivity index (χ2n) is 5.61. The lowest BCUT2D eigenvalue weighted by molar-refractivity contribution is 0.183. The predicted octanol–water partition coefficient (Wildman–Crippen LogP) is 2.70. The molecule has 21 heavy (non-hydrogen) atoms. The van der Waals surface area contributed by atoms with Gasteiger partial charge in [0.1, 0.15) is 0 Å². The summed E-state index contributed by atoms with van der Waals surface area (Å²) in [6.07, 6.45) is 5.73. The van der Waals surface area contributed by atoms with Gasteiger partial charge in [-0.25, -0.2) is 0 Å². The highest BCUT2D eigenvalue weighted by molar-refractivity contribution is 5.24. The lowest BCUT2D eigenvalue weighted by Crippen LogP contribution is -2.25. The van der Waals surface area contributed by atoms with Crippen molar-refractivity contribution in [2.75, 3.05) is 13.7 Å². The standard InChI is InChI=1S/C17H23N3O/c1-21-11-10-20-13-15-8-5-9-16(17(15)19-20)18-12-14-6-3-2-4-7-14/h2-4,6-7,13,16,18H,5,8-12H2,1H3/t16-/m1/s1. The number of fused-ring (bicyclic) bond motifs is 1. The van der Waals surface area contributed by atoms with E-state index in [2.05, 4.69) is 41.8 Å². The minimum atomic E-state index is 0.373. The number of hydrogen-bond donors (Lipinski definition) is 1. The van der Waals surface area contributed by atoms with Crippen molar-refractivity contribution >= 4 is 0 Å². The van der Waals surface area contributed by atoms with E-state index >= 15 is 0 Å². The van der Waals surface area contributed by atoms with Crippen molar-refractivity contribution in [1.29, 1.82) is 0 Å². The molecule has 4 heteroatoms. The fraction of sp³-hybridized carbons (Fsp3) is 0.471. The Hall–Kier alpha value is -1.65. The topological polar surface area (TPSA) is 39.1 Å². The lowest BCUT2D eigenvalue weighted by Gasteiger charge is -2.22. The maximum Gasteiger partial charge on any atom is 0.0825 e. The molecule has 4 nitrogen and oxygen atoms in total. The van der Waals surface area contributed by atoms with Crippen molar-refractivity contribution in [1.82, 2.24) is 15.1 Å². The SMILES string of the molecule is COCCn1cc2c(n1)[C@H](NCc1ccccc1)CCC2. The van der Waals surface area contributed by atoms with Gasteiger partial charge in [0, 0.05) is 19.9 Å². The van der Waals surface area contributed by atoms with Crippen molar-refractivity contribution in [2.45, 2.75) is 38.4 Å². The van der Waals surface area contributed by atoms with Gasteiger partial charge >= 0.3 is 0 Å². The largest absolute Gasteiger partial charge is 0.383 e. The Morgan fingerprint density at radius 2 is 2.19 bits per heavy atom. The third-order valence-corrected chi connectivity index (χ3v) is 4.06. The predicted molar refractivity (Wildman–Crippen MR) is 83.1 cm³/mol. The molecule has 1 aromatic heterocycles. The number of methoxy groups -OCH3 is 1. The average Bonchev–Trinajstić information content (AvgIpc) is 2.95. The lowest BCUT2D eigenvalue weighted by atomic mass is 9.93. The molecule has 0 aliphatic heterocycles. The second kappa shape index (κ2) is 6.87. The Morgan fingerprint density at radius 1 is 1.33 bits per heavy atom. The fourth-order valence-corrected chi connectivity index (χ4v) is 2.93. The van der Waals surface area contributed by atoms with Crippen LogP contribution in [0.2, 0.25) is 0 Å². The van der Waals surface area contributed by atoms with Crippen LogP contribution < -0.4 is 5.32 Å². The first-order valence-corrected chi connectivity index (χ1v) is 7.69. The van der Waals surface area contributed by atoms with Gasteiger partial charge in [-0.3, -0.25) is 4.68 Å². The molecule has 0 radical (unpaired) electrons. The minimum absolute atomic E-state index is 0.373. The zero-order chi connectivity index (χ0) is 14.5. The molecule has 2 aromatic rings. The van der Waals surface area contributed by atoms with E-state index in [0.29, 0.717) is 12.6 Å². The Morgan fingerprint density at radius 3 is 3.00 bits per heavy atom. The summed E-state index contributed by atoms with van der Waals surface area (Å²) >= 11 is 0. The van der Waals surface area contributed by atoms with Crippen molar-refractivity contribution in [3.8, 4) is 0 Å². The van der Waals surface area contributed by atoms with Crippen LogP contribution in [-0.2, 0) is 24.2 Å². The van der Waals surface area contributed by atoms with E-state index in [1.807, 2.05) is 4.68 Å². The number of hydrogen-bond acceptors (Lipinski definition) is 3. The monoisotopic (exact) mass is 285 g/mol. The minimum Gasteiger partial charge on any atom is -0.383 e. The van der Waals surface area contributed by atoms with Gasteiger partial charge in [0.05, 0.1) is 24.9 Å². The van der Waals surface area contributed by atoms with Crippen LogP contribution in [0, 0.1) is 0 Å². The molecule has 1 aliphatic carbocycles. The molecule has 1 aromatic carbocycles. The Bertz CT molecular complexity index is 565. The molecular formula is C17H23N3O. The summed E-state index contributed by atoms with van der Waals surface area (Å²) < 4.78 is 7.16. The van der Waals surface area contributed by atoms with Crippen LogP contribution in [0.1, 0.15) is 35.7 Å². The number of benzene rings is 1. The van der Waals surface area contributed by atoms with Gasteiger partial charge < -0.3 is 10.1 Å². The first kappa shape index (κ1) is 14.3. The molecule has 0 fully saturated rings. The third-order valence-electron chi connectivity index (χ3n) is 4.06. The van der Waals surface area contributed by atoms with Crippen LogP contribution in [0.5, 0.6) is 0 Å². The average molecular weight is 285 g/mol. The van der Waals surface area contributed by atoms with Gasteiger partial charge in [-0.15, -0.1) is 0 Å². The van der Waals surface area contributed by atoms with Crippen LogP contribution in [-0.4, -0.2) is 23.5 Å². The highest BCUT2D eigenvalue weighted by Gasteiger charge is 2.23. The zero-order valence-electron chi connectivity index (χ0n) is 12.6. The van der Waals surface area contributed by atoms with Crippen LogP contribution >= 0.6 is 0 Å². The first-order valence-electron chi connectivity index (χ1n) is 7.69. The third kappa shape index (κ3) is 3.52. The maximum absolute atomic E-state index is 5.13. The van der Waals surface area contributed by atoms with Crippen LogP contribution in [0.4, 0.5) is 0 Å². The molecule has 0 saturated carbocycles. The number of aryl methyl sites for hydroxylation is 1. The number of nitrogens with zero attached hydrogens (tertiary/aromatic N) is 2. The molecule has 1 atom stereocenters. The smallest absolute Gasteiger partial charge is 0.0825 e. The Balaban J connectivity index is 1.66. The van der Waals surface area contributed by atoms with Crippen molar-refractivity contribution < 1.29 is 4.74 Å². The summed E-state index contributed by atoms with van der Waals surface area (Å²) in [6.45, 7) is 2.44. The van der Waals surface area contributed by atoms with E-state index in [0.717, 1.165) is 19.5 Å². The van der Waals surface area contributed by atoms with E-state index in [9.17, 15) is 0 Å². The fourth-order valence-electron chi connectivity index (χ4n) is 2.93. The molecule has 1 heterocycles. The van der Waals surface area contributed by atoms with Crippen molar-refractivity contribution in [3.63, 3.8) is 0 Å². The number of aromatic nitrogens is 2. The molecular weight excluding hydrogens is 262 g/mol. The highest BCUT2D eigenvalue weighted by Crippen LogP contribution is 2.28. The van der Waals surface area contributed by atoms with E-state index in [4.69, 9.17) is 9.84 Å². The second-order valence-corrected chi connectivity index (χ2v) is 5.61. The number of nitrogens with one attached hydrogen (secondary N) is 1. The molecule has 0 unspecified atom stereocenters. The van der Waals surface area contributed by atoms with E-state index < -0.39 is 0 Å². The summed E-state index contributed by atoms with van der Waals surface area (Å²) in [4.78, 5) is 0. The van der Waals surface area contributed by atoms with Gasteiger partial charge in [0.2, 0.25) is 0 Å². The Labute approximate surface area is 126 Å². The quantitative estimate of drug-likeness (QED) is 0.887. The summed E-state index contributed by atoms with van der Waals surface area (Å²) in [6, 6.07) is 10.9. The first-order chi connectivity index (χ1) is 10.4. The van der Waals surface area contributed by atoms with Crippen LogP contribution in [0.3, 0.4) is 0 Å². The van der Waals surface area contributed by atoms with Gasteiger partial charge in [0.25, 0.3) is 0 Å². The number of ether oxygens (including phenoxy) is 1. The highest BCUT2D eigenvalue weighted by atomic mass is 16.5. The Kier molecular flexibility index (Phi) is 4.68. The van der Waals surface area contributed by atoms with Crippen molar-refractivity contribution in [3.05, 3.63) is 53.3 Å². The van der Waals surface area contributed by atoms with Gasteiger partial charge in [-0.1, -0.05) is 30.3 Å². The maximum atomic E-state index is 5.13. The normalized spacial score (nSPS) is 17.7. The molecule has 1 aliphatic rings. The van der Waals surface area contributed by atoms with Crippen molar-refractivity contribution in [2.24, 2.45) is 0 Å². The molecule has 112 valence electrons. The molecule has 0 bridgehead atoms. The zero-order valence-corrected chi connectivity index (χ0v) is 12.6. The molecule has 0 spiro atoms.